The minimum absolute atomic E-state index is 0.0811. The summed E-state index contributed by atoms with van der Waals surface area (Å²) in [6.45, 7) is 0.480. The van der Waals surface area contributed by atoms with Crippen LogP contribution in [-0.2, 0) is 0 Å². The van der Waals surface area contributed by atoms with Crippen LogP contribution in [0.2, 0.25) is 0 Å². The van der Waals surface area contributed by atoms with E-state index in [1.54, 1.807) is 0 Å². The summed E-state index contributed by atoms with van der Waals surface area (Å²) in [6.07, 6.45) is 0.0745. The van der Waals surface area contributed by atoms with E-state index >= 15 is 0 Å². The molecule has 3 nitrogen and oxygen atoms in total. The van der Waals surface area contributed by atoms with Gasteiger partial charge in [0.25, 0.3) is 0 Å². The molecule has 0 aliphatic carbocycles. The first kappa shape index (κ1) is 8.53. The Morgan fingerprint density at radius 2 is 2.15 bits per heavy atom. The predicted octanol–water partition coefficient (Wildman–Crippen LogP) is 0.830. The number of hydrogen-bond acceptors (Lipinski definition) is 3. The van der Waals surface area contributed by atoms with Gasteiger partial charge in [0.1, 0.15) is 12.4 Å². The first-order chi connectivity index (χ1) is 6.27. The molecule has 2 atom stereocenters. The van der Waals surface area contributed by atoms with Gasteiger partial charge in [0.2, 0.25) is 0 Å². The number of hydrogen-bond donors (Lipinski definition) is 2. The van der Waals surface area contributed by atoms with Crippen molar-refractivity contribution in [1.82, 2.24) is 0 Å². The molecule has 0 unspecified atom stereocenters. The molecule has 0 spiro atoms. The molecule has 1 aliphatic heterocycles. The van der Waals surface area contributed by atoms with E-state index in [9.17, 15) is 5.11 Å². The third kappa shape index (κ3) is 1.66. The van der Waals surface area contributed by atoms with Crippen molar-refractivity contribution in [2.24, 2.45) is 5.73 Å². The fourth-order valence-electron chi connectivity index (χ4n) is 1.57. The van der Waals surface area contributed by atoms with Crippen LogP contribution >= 0.6 is 0 Å². The summed E-state index contributed by atoms with van der Waals surface area (Å²) in [7, 11) is 0. The van der Waals surface area contributed by atoms with Gasteiger partial charge in [-0.15, -0.1) is 0 Å². The lowest BCUT2D eigenvalue weighted by Gasteiger charge is -2.10. The molecule has 0 bridgehead atoms. The number of ether oxygens (including phenoxy) is 1. The number of fused-ring (bicyclic) bond motifs is 1. The Balaban J connectivity index is 2.35. The fraction of sp³-hybridized carbons (Fsp3) is 0.400. The number of para-hydroxylation sites is 1. The second-order valence-corrected chi connectivity index (χ2v) is 3.36. The highest BCUT2D eigenvalue weighted by molar-refractivity contribution is 5.35. The van der Waals surface area contributed by atoms with Gasteiger partial charge in [-0.05, 0) is 12.5 Å². The quantitative estimate of drug-likeness (QED) is 0.620. The molecule has 70 valence electrons. The molecule has 0 aromatic heterocycles. The smallest absolute Gasteiger partial charge is 0.125 e. The molecule has 1 aliphatic rings. The first-order valence-electron chi connectivity index (χ1n) is 4.43. The van der Waals surface area contributed by atoms with Gasteiger partial charge in [-0.2, -0.15) is 0 Å². The average Bonchev–Trinajstić information content (AvgIpc) is 2.27. The number of nitrogens with two attached hydrogens (primary N) is 1. The largest absolute Gasteiger partial charge is 0.492 e. The summed E-state index contributed by atoms with van der Waals surface area (Å²) in [5.41, 5.74) is 6.56. The van der Waals surface area contributed by atoms with Gasteiger partial charge < -0.3 is 15.6 Å². The molecule has 13 heavy (non-hydrogen) atoms. The van der Waals surface area contributed by atoms with Gasteiger partial charge in [0, 0.05) is 11.6 Å². The molecule has 3 N–H and O–H groups in total. The minimum Gasteiger partial charge on any atom is -0.492 e. The third-order valence-corrected chi connectivity index (χ3v) is 2.26. The third-order valence-electron chi connectivity index (χ3n) is 2.26. The average molecular weight is 179 g/mol. The normalized spacial score (nSPS) is 27.2. The maximum atomic E-state index is 9.75. The standard InChI is InChI=1S/C10H13NO2/c11-7-5-9(12)8-3-1-2-4-10(8)13-6-7/h1-4,7,9,12H,5-6,11H2/t7-,9-/m0/s1. The van der Waals surface area contributed by atoms with E-state index in [1.165, 1.54) is 0 Å². The Bertz CT molecular complexity index is 301. The van der Waals surface area contributed by atoms with Crippen molar-refractivity contribution in [3.8, 4) is 5.75 Å². The van der Waals surface area contributed by atoms with Crippen molar-refractivity contribution < 1.29 is 9.84 Å². The second kappa shape index (κ2) is 3.36. The van der Waals surface area contributed by atoms with Crippen molar-refractivity contribution in [2.45, 2.75) is 18.6 Å². The van der Waals surface area contributed by atoms with Crippen molar-refractivity contribution in [1.29, 1.82) is 0 Å². The molecule has 0 saturated heterocycles. The van der Waals surface area contributed by atoms with Crippen LogP contribution < -0.4 is 10.5 Å². The lowest BCUT2D eigenvalue weighted by Crippen LogP contribution is -2.27. The Labute approximate surface area is 77.1 Å². The molecule has 0 fully saturated rings. The number of aliphatic hydroxyl groups is 1. The molecule has 0 amide bonds. The Morgan fingerprint density at radius 1 is 1.38 bits per heavy atom. The number of benzene rings is 1. The van der Waals surface area contributed by atoms with Gasteiger partial charge in [0.05, 0.1) is 6.10 Å². The molecular weight excluding hydrogens is 166 g/mol. The summed E-state index contributed by atoms with van der Waals surface area (Å²) in [6, 6.07) is 7.43. The molecule has 1 heterocycles. The highest BCUT2D eigenvalue weighted by Gasteiger charge is 2.20. The van der Waals surface area contributed by atoms with E-state index in [0.717, 1.165) is 11.3 Å². The predicted molar refractivity (Wildman–Crippen MR) is 49.5 cm³/mol. The first-order valence-corrected chi connectivity index (χ1v) is 4.43. The second-order valence-electron chi connectivity index (χ2n) is 3.36. The SMILES string of the molecule is N[C@@H]1COc2ccccc2[C@@H](O)C1. The van der Waals surface area contributed by atoms with Crippen molar-refractivity contribution in [3.05, 3.63) is 29.8 Å². The van der Waals surface area contributed by atoms with E-state index in [2.05, 4.69) is 0 Å². The van der Waals surface area contributed by atoms with Crippen LogP contribution in [0, 0.1) is 0 Å². The van der Waals surface area contributed by atoms with Gasteiger partial charge in [-0.25, -0.2) is 0 Å². The summed E-state index contributed by atoms with van der Waals surface area (Å²) in [4.78, 5) is 0. The molecule has 2 rings (SSSR count). The molecule has 3 heteroatoms. The zero-order valence-corrected chi connectivity index (χ0v) is 7.31. The van der Waals surface area contributed by atoms with Crippen LogP contribution in [0.15, 0.2) is 24.3 Å². The summed E-state index contributed by atoms with van der Waals surface area (Å²) in [5, 5.41) is 9.75. The molecular formula is C10H13NO2. The Hall–Kier alpha value is -1.06. The van der Waals surface area contributed by atoms with Crippen LogP contribution in [0.25, 0.3) is 0 Å². The fourth-order valence-corrected chi connectivity index (χ4v) is 1.57. The van der Waals surface area contributed by atoms with E-state index in [-0.39, 0.29) is 6.04 Å². The van der Waals surface area contributed by atoms with E-state index in [4.69, 9.17) is 10.5 Å². The molecule has 1 aromatic rings. The van der Waals surface area contributed by atoms with Crippen molar-refractivity contribution in [2.75, 3.05) is 6.61 Å². The van der Waals surface area contributed by atoms with Crippen LogP contribution in [-0.4, -0.2) is 17.8 Å². The lowest BCUT2D eigenvalue weighted by atomic mass is 10.0. The summed E-state index contributed by atoms with van der Waals surface area (Å²) >= 11 is 0. The van der Waals surface area contributed by atoms with Gasteiger partial charge in [-0.3, -0.25) is 0 Å². The zero-order valence-electron chi connectivity index (χ0n) is 7.31. The monoisotopic (exact) mass is 179 g/mol. The van der Waals surface area contributed by atoms with Crippen molar-refractivity contribution in [3.63, 3.8) is 0 Å². The van der Waals surface area contributed by atoms with Gasteiger partial charge in [0.15, 0.2) is 0 Å². The van der Waals surface area contributed by atoms with Gasteiger partial charge in [-0.1, -0.05) is 18.2 Å². The Morgan fingerprint density at radius 3 is 3.00 bits per heavy atom. The summed E-state index contributed by atoms with van der Waals surface area (Å²) in [5.74, 6) is 0.753. The van der Waals surface area contributed by atoms with E-state index in [0.29, 0.717) is 13.0 Å². The maximum absolute atomic E-state index is 9.75. The van der Waals surface area contributed by atoms with Crippen molar-refractivity contribution >= 4 is 0 Å². The Kier molecular flexibility index (Phi) is 2.20. The molecule has 0 radical (unpaired) electrons. The highest BCUT2D eigenvalue weighted by atomic mass is 16.5. The van der Waals surface area contributed by atoms with E-state index in [1.807, 2.05) is 24.3 Å². The topological polar surface area (TPSA) is 55.5 Å². The van der Waals surface area contributed by atoms with Crippen LogP contribution in [0.4, 0.5) is 0 Å². The number of rotatable bonds is 0. The molecule has 1 aromatic carbocycles. The van der Waals surface area contributed by atoms with Crippen LogP contribution in [0.3, 0.4) is 0 Å². The minimum atomic E-state index is -0.492. The maximum Gasteiger partial charge on any atom is 0.125 e. The zero-order chi connectivity index (χ0) is 9.26. The number of aliphatic hydroxyl groups excluding tert-OH is 1. The van der Waals surface area contributed by atoms with Gasteiger partial charge >= 0.3 is 0 Å². The van der Waals surface area contributed by atoms with Crippen LogP contribution in [0.1, 0.15) is 18.1 Å². The van der Waals surface area contributed by atoms with Crippen LogP contribution in [0.5, 0.6) is 5.75 Å². The lowest BCUT2D eigenvalue weighted by molar-refractivity contribution is 0.159. The highest BCUT2D eigenvalue weighted by Crippen LogP contribution is 2.30. The molecule has 0 saturated carbocycles. The van der Waals surface area contributed by atoms with E-state index < -0.39 is 6.10 Å². The summed E-state index contributed by atoms with van der Waals surface area (Å²) < 4.78 is 5.45.